The second-order valence-corrected chi connectivity index (χ2v) is 5.87. The highest BCUT2D eigenvalue weighted by Crippen LogP contribution is 2.41. The molecule has 0 saturated carbocycles. The fourth-order valence-electron chi connectivity index (χ4n) is 3.17. The van der Waals surface area contributed by atoms with E-state index in [1.807, 2.05) is 24.3 Å². The molecule has 23 heavy (non-hydrogen) atoms. The summed E-state index contributed by atoms with van der Waals surface area (Å²) >= 11 is 0. The van der Waals surface area contributed by atoms with Crippen LogP contribution in [0.25, 0.3) is 5.76 Å². The van der Waals surface area contributed by atoms with Gasteiger partial charge in [0.2, 0.25) is 0 Å². The highest BCUT2D eigenvalue weighted by Gasteiger charge is 2.24. The van der Waals surface area contributed by atoms with Crippen molar-refractivity contribution in [1.29, 1.82) is 0 Å². The third kappa shape index (κ3) is 2.55. The molecule has 4 rings (SSSR count). The normalized spacial score (nSPS) is 16.2. The van der Waals surface area contributed by atoms with Gasteiger partial charge in [0.15, 0.2) is 0 Å². The van der Waals surface area contributed by atoms with Gasteiger partial charge >= 0.3 is 0 Å². The van der Waals surface area contributed by atoms with Crippen molar-refractivity contribution in [3.8, 4) is 5.75 Å². The van der Waals surface area contributed by atoms with Gasteiger partial charge in [-0.2, -0.15) is 0 Å². The third-order valence-electron chi connectivity index (χ3n) is 4.37. The van der Waals surface area contributed by atoms with Crippen molar-refractivity contribution in [3.63, 3.8) is 0 Å². The van der Waals surface area contributed by atoms with Gasteiger partial charge in [-0.15, -0.1) is 0 Å². The van der Waals surface area contributed by atoms with Crippen LogP contribution in [0.2, 0.25) is 0 Å². The summed E-state index contributed by atoms with van der Waals surface area (Å²) in [6.07, 6.45) is 2.24. The molecule has 0 bridgehead atoms. The predicted molar refractivity (Wildman–Crippen MR) is 94.5 cm³/mol. The Morgan fingerprint density at radius 3 is 2.13 bits per heavy atom. The number of para-hydroxylation sites is 1. The van der Waals surface area contributed by atoms with E-state index < -0.39 is 0 Å². The molecule has 1 nitrogen and oxygen atoms in total. The summed E-state index contributed by atoms with van der Waals surface area (Å²) in [7, 11) is 0. The van der Waals surface area contributed by atoms with Crippen LogP contribution >= 0.6 is 0 Å². The summed E-state index contributed by atoms with van der Waals surface area (Å²) in [4.78, 5) is 0. The number of allylic oxidation sites excluding steroid dienone is 1. The molecule has 0 fully saturated rings. The Bertz CT molecular complexity index is 862. The van der Waals surface area contributed by atoms with E-state index in [-0.39, 0.29) is 5.92 Å². The molecule has 0 saturated heterocycles. The zero-order chi connectivity index (χ0) is 15.6. The predicted octanol–water partition coefficient (Wildman–Crippen LogP) is 5.56. The number of aryl methyl sites for hydroxylation is 1. The molecule has 3 aromatic carbocycles. The minimum atomic E-state index is 0.219. The molecule has 1 aliphatic rings. The Balaban J connectivity index is 1.88. The van der Waals surface area contributed by atoms with Crippen LogP contribution in [0.15, 0.2) is 84.9 Å². The van der Waals surface area contributed by atoms with E-state index in [1.165, 1.54) is 16.7 Å². The van der Waals surface area contributed by atoms with Gasteiger partial charge in [0.05, 0.1) is 0 Å². The van der Waals surface area contributed by atoms with Gasteiger partial charge in [-0.1, -0.05) is 72.8 Å². The molecule has 112 valence electrons. The zero-order valence-electron chi connectivity index (χ0n) is 13.1. The molecule has 1 heterocycles. The number of hydrogen-bond donors (Lipinski definition) is 0. The molecule has 1 heteroatoms. The maximum absolute atomic E-state index is 6.17. The summed E-state index contributed by atoms with van der Waals surface area (Å²) < 4.78 is 6.17. The molecule has 1 aliphatic heterocycles. The number of benzene rings is 3. The lowest BCUT2D eigenvalue weighted by molar-refractivity contribution is 0.492. The Morgan fingerprint density at radius 2 is 1.35 bits per heavy atom. The standard InChI is InChI=1S/C22H18O/c1-16-9-5-6-12-18(16)20-15-22(17-10-3-2-4-11-17)23-21-14-8-7-13-19(20)21/h2-15,20H,1H3/t20-/m1/s1. The van der Waals surface area contributed by atoms with Crippen LogP contribution in [0.3, 0.4) is 0 Å². The zero-order valence-corrected chi connectivity index (χ0v) is 13.1. The molecule has 0 radical (unpaired) electrons. The highest BCUT2D eigenvalue weighted by molar-refractivity contribution is 5.68. The van der Waals surface area contributed by atoms with E-state index >= 15 is 0 Å². The first-order valence-electron chi connectivity index (χ1n) is 7.92. The molecule has 0 unspecified atom stereocenters. The van der Waals surface area contributed by atoms with Gasteiger partial charge in [0.25, 0.3) is 0 Å². The molecular weight excluding hydrogens is 280 g/mol. The monoisotopic (exact) mass is 298 g/mol. The highest BCUT2D eigenvalue weighted by atomic mass is 16.5. The fourth-order valence-corrected chi connectivity index (χ4v) is 3.17. The fraction of sp³-hybridized carbons (Fsp3) is 0.0909. The van der Waals surface area contributed by atoms with Crippen LogP contribution in [0.5, 0.6) is 5.75 Å². The summed E-state index contributed by atoms with van der Waals surface area (Å²) in [6.45, 7) is 2.17. The van der Waals surface area contributed by atoms with E-state index in [9.17, 15) is 0 Å². The third-order valence-corrected chi connectivity index (χ3v) is 4.37. The average molecular weight is 298 g/mol. The lowest BCUT2D eigenvalue weighted by Gasteiger charge is -2.26. The van der Waals surface area contributed by atoms with Gasteiger partial charge in [-0.25, -0.2) is 0 Å². The van der Waals surface area contributed by atoms with Crippen LogP contribution in [0, 0.1) is 6.92 Å². The Morgan fingerprint density at radius 1 is 0.696 bits per heavy atom. The number of fused-ring (bicyclic) bond motifs is 1. The quantitative estimate of drug-likeness (QED) is 0.602. The molecule has 1 atom stereocenters. The van der Waals surface area contributed by atoms with E-state index in [0.717, 1.165) is 17.1 Å². The van der Waals surface area contributed by atoms with Gasteiger partial charge in [-0.05, 0) is 30.2 Å². The minimum absolute atomic E-state index is 0.219. The smallest absolute Gasteiger partial charge is 0.131 e. The number of ether oxygens (including phenoxy) is 1. The number of rotatable bonds is 2. The first kappa shape index (κ1) is 13.8. The van der Waals surface area contributed by atoms with E-state index in [1.54, 1.807) is 0 Å². The topological polar surface area (TPSA) is 9.23 Å². The van der Waals surface area contributed by atoms with Gasteiger partial charge in [-0.3, -0.25) is 0 Å². The summed E-state index contributed by atoms with van der Waals surface area (Å²) in [5.41, 5.74) is 4.97. The van der Waals surface area contributed by atoms with E-state index in [2.05, 4.69) is 67.6 Å². The van der Waals surface area contributed by atoms with E-state index in [4.69, 9.17) is 4.74 Å². The first-order chi connectivity index (χ1) is 11.3. The van der Waals surface area contributed by atoms with Gasteiger partial charge in [0, 0.05) is 17.0 Å². The maximum Gasteiger partial charge on any atom is 0.131 e. The largest absolute Gasteiger partial charge is 0.457 e. The Kier molecular flexibility index (Phi) is 3.47. The molecule has 0 spiro atoms. The Labute approximate surface area is 136 Å². The van der Waals surface area contributed by atoms with Crippen LogP contribution in [0.4, 0.5) is 0 Å². The van der Waals surface area contributed by atoms with Crippen molar-refractivity contribution >= 4 is 5.76 Å². The maximum atomic E-state index is 6.17. The van der Waals surface area contributed by atoms with Crippen molar-refractivity contribution in [2.45, 2.75) is 12.8 Å². The average Bonchev–Trinajstić information content (AvgIpc) is 2.62. The summed E-state index contributed by atoms with van der Waals surface area (Å²) in [5.74, 6) is 2.09. The van der Waals surface area contributed by atoms with Crippen molar-refractivity contribution < 1.29 is 4.74 Å². The molecule has 0 amide bonds. The minimum Gasteiger partial charge on any atom is -0.457 e. The molecule has 0 aliphatic carbocycles. The molecule has 0 N–H and O–H groups in total. The Hall–Kier alpha value is -2.80. The van der Waals surface area contributed by atoms with Crippen molar-refractivity contribution in [3.05, 3.63) is 107 Å². The van der Waals surface area contributed by atoms with Crippen LogP contribution < -0.4 is 4.74 Å². The summed E-state index contributed by atoms with van der Waals surface area (Å²) in [6, 6.07) is 27.2. The van der Waals surface area contributed by atoms with Gasteiger partial charge in [0.1, 0.15) is 11.5 Å². The lowest BCUT2D eigenvalue weighted by atomic mass is 9.85. The van der Waals surface area contributed by atoms with E-state index in [0.29, 0.717) is 0 Å². The summed E-state index contributed by atoms with van der Waals surface area (Å²) in [5, 5.41) is 0. The van der Waals surface area contributed by atoms with Gasteiger partial charge < -0.3 is 4.74 Å². The SMILES string of the molecule is Cc1ccccc1[C@H]1C=C(c2ccccc2)Oc2ccccc21. The second-order valence-electron chi connectivity index (χ2n) is 5.87. The number of hydrogen-bond acceptors (Lipinski definition) is 1. The first-order valence-corrected chi connectivity index (χ1v) is 7.92. The van der Waals surface area contributed by atoms with Crippen molar-refractivity contribution in [2.24, 2.45) is 0 Å². The van der Waals surface area contributed by atoms with Crippen LogP contribution in [-0.4, -0.2) is 0 Å². The molecular formula is C22H18O. The molecule has 3 aromatic rings. The van der Waals surface area contributed by atoms with Crippen molar-refractivity contribution in [2.75, 3.05) is 0 Å². The van der Waals surface area contributed by atoms with Crippen molar-refractivity contribution in [1.82, 2.24) is 0 Å². The molecule has 0 aromatic heterocycles. The second kappa shape index (κ2) is 5.77. The lowest BCUT2D eigenvalue weighted by Crippen LogP contribution is -2.11. The van der Waals surface area contributed by atoms with Crippen LogP contribution in [0.1, 0.15) is 28.2 Å². The van der Waals surface area contributed by atoms with Crippen LogP contribution in [-0.2, 0) is 0 Å².